The average molecular weight is 309 g/mol. The molecule has 0 radical (unpaired) electrons. The number of thiophene rings is 1. The highest BCUT2D eigenvalue weighted by atomic mass is 32.1. The van der Waals surface area contributed by atoms with Crippen LogP contribution in [-0.4, -0.2) is 24.4 Å². The molecule has 116 valence electrons. The van der Waals surface area contributed by atoms with Gasteiger partial charge in [0.05, 0.1) is 12.1 Å². The molecule has 1 fully saturated rings. The van der Waals surface area contributed by atoms with E-state index in [1.165, 1.54) is 43.4 Å². The molecule has 0 bridgehead atoms. The molecule has 0 spiro atoms. The monoisotopic (exact) mass is 309 g/mol. The molecule has 0 atom stereocenters. The van der Waals surface area contributed by atoms with E-state index in [4.69, 9.17) is 5.73 Å². The molecule has 0 saturated heterocycles. The number of amides is 2. The van der Waals surface area contributed by atoms with E-state index in [2.05, 4.69) is 10.6 Å². The van der Waals surface area contributed by atoms with Crippen LogP contribution in [0, 0.1) is 0 Å². The van der Waals surface area contributed by atoms with E-state index < -0.39 is 5.91 Å². The lowest BCUT2D eigenvalue weighted by Crippen LogP contribution is -2.36. The van der Waals surface area contributed by atoms with Crippen LogP contribution in [0.5, 0.6) is 0 Å². The molecule has 0 aromatic carbocycles. The van der Waals surface area contributed by atoms with Gasteiger partial charge in [-0.15, -0.1) is 11.3 Å². The van der Waals surface area contributed by atoms with Crippen molar-refractivity contribution in [2.24, 2.45) is 5.73 Å². The zero-order valence-corrected chi connectivity index (χ0v) is 13.0. The Morgan fingerprint density at radius 1 is 1.19 bits per heavy atom. The molecule has 1 aliphatic rings. The fourth-order valence-corrected chi connectivity index (χ4v) is 3.48. The summed E-state index contributed by atoms with van der Waals surface area (Å²) in [6.07, 6.45) is 8.66. The van der Waals surface area contributed by atoms with Crippen molar-refractivity contribution >= 4 is 28.2 Å². The average Bonchev–Trinajstić information content (AvgIpc) is 2.85. The minimum atomic E-state index is -0.514. The first-order valence-corrected chi connectivity index (χ1v) is 8.45. The van der Waals surface area contributed by atoms with Crippen molar-refractivity contribution in [3.05, 3.63) is 17.0 Å². The zero-order valence-electron chi connectivity index (χ0n) is 12.2. The molecule has 1 aromatic heterocycles. The summed E-state index contributed by atoms with van der Waals surface area (Å²) < 4.78 is 0. The number of carbonyl (C=O) groups is 2. The fraction of sp³-hybridized carbons (Fsp3) is 0.600. The summed E-state index contributed by atoms with van der Waals surface area (Å²) in [4.78, 5) is 23.2. The van der Waals surface area contributed by atoms with Gasteiger partial charge in [-0.2, -0.15) is 0 Å². The molecule has 1 aliphatic carbocycles. The first kappa shape index (κ1) is 16.0. The Kier molecular flexibility index (Phi) is 6.20. The fourth-order valence-electron chi connectivity index (χ4n) is 2.67. The van der Waals surface area contributed by atoms with Crippen LogP contribution < -0.4 is 16.4 Å². The summed E-state index contributed by atoms with van der Waals surface area (Å²) in [6, 6.07) is 2.06. The highest BCUT2D eigenvalue weighted by Gasteiger charge is 2.15. The molecule has 1 heterocycles. The van der Waals surface area contributed by atoms with Crippen LogP contribution >= 0.6 is 11.3 Å². The maximum atomic E-state index is 12.0. The second kappa shape index (κ2) is 8.14. The second-order valence-electron chi connectivity index (χ2n) is 5.50. The maximum absolute atomic E-state index is 12.0. The Bertz CT molecular complexity index is 479. The number of primary amides is 1. The van der Waals surface area contributed by atoms with Crippen LogP contribution in [0.3, 0.4) is 0 Å². The van der Waals surface area contributed by atoms with E-state index in [1.54, 1.807) is 11.4 Å². The minimum Gasteiger partial charge on any atom is -0.366 e. The number of anilines is 1. The van der Waals surface area contributed by atoms with Crippen LogP contribution in [0.15, 0.2) is 11.4 Å². The van der Waals surface area contributed by atoms with Crippen LogP contribution in [0.2, 0.25) is 0 Å². The molecule has 21 heavy (non-hydrogen) atoms. The largest absolute Gasteiger partial charge is 0.366 e. The predicted molar refractivity (Wildman–Crippen MR) is 85.6 cm³/mol. The first-order valence-electron chi connectivity index (χ1n) is 7.57. The number of carbonyl (C=O) groups excluding carboxylic acids is 2. The summed E-state index contributed by atoms with van der Waals surface area (Å²) in [5.41, 5.74) is 5.63. The predicted octanol–water partition coefficient (Wildman–Crippen LogP) is 2.49. The van der Waals surface area contributed by atoms with Gasteiger partial charge in [0, 0.05) is 6.04 Å². The summed E-state index contributed by atoms with van der Waals surface area (Å²) in [5, 5.41) is 8.36. The van der Waals surface area contributed by atoms with Gasteiger partial charge >= 0.3 is 0 Å². The van der Waals surface area contributed by atoms with E-state index >= 15 is 0 Å². The van der Waals surface area contributed by atoms with Gasteiger partial charge in [-0.25, -0.2) is 0 Å². The van der Waals surface area contributed by atoms with Crippen molar-refractivity contribution in [3.63, 3.8) is 0 Å². The summed E-state index contributed by atoms with van der Waals surface area (Å²) in [5.74, 6) is -0.637. The van der Waals surface area contributed by atoms with Gasteiger partial charge in [0.1, 0.15) is 5.00 Å². The van der Waals surface area contributed by atoms with Crippen molar-refractivity contribution in [2.75, 3.05) is 11.9 Å². The Balaban J connectivity index is 1.78. The Hall–Kier alpha value is -1.40. The molecule has 2 amide bonds. The first-order chi connectivity index (χ1) is 10.2. The van der Waals surface area contributed by atoms with Crippen LogP contribution in [-0.2, 0) is 4.79 Å². The third-order valence-electron chi connectivity index (χ3n) is 3.84. The summed E-state index contributed by atoms with van der Waals surface area (Å²) in [6.45, 7) is 0.279. The Morgan fingerprint density at radius 2 is 1.86 bits per heavy atom. The number of nitrogens with one attached hydrogen (secondary N) is 2. The van der Waals surface area contributed by atoms with E-state index in [9.17, 15) is 9.59 Å². The van der Waals surface area contributed by atoms with Gasteiger partial charge in [-0.1, -0.05) is 32.1 Å². The van der Waals surface area contributed by atoms with Gasteiger partial charge < -0.3 is 16.4 Å². The lowest BCUT2D eigenvalue weighted by atomic mass is 9.97. The molecule has 0 aliphatic heterocycles. The second-order valence-corrected chi connectivity index (χ2v) is 6.41. The van der Waals surface area contributed by atoms with Gasteiger partial charge in [0.25, 0.3) is 5.91 Å². The molecule has 5 nitrogen and oxygen atoms in total. The lowest BCUT2D eigenvalue weighted by molar-refractivity contribution is -0.115. The van der Waals surface area contributed by atoms with Gasteiger partial charge in [-0.05, 0) is 24.3 Å². The van der Waals surface area contributed by atoms with E-state index in [-0.39, 0.29) is 12.5 Å². The number of rotatable bonds is 5. The number of hydrogen-bond donors (Lipinski definition) is 3. The van der Waals surface area contributed by atoms with E-state index in [1.807, 2.05) is 0 Å². The molecular formula is C15H23N3O2S. The molecule has 1 aromatic rings. The molecular weight excluding hydrogens is 286 g/mol. The van der Waals surface area contributed by atoms with Crippen molar-refractivity contribution < 1.29 is 9.59 Å². The van der Waals surface area contributed by atoms with E-state index in [0.29, 0.717) is 16.6 Å². The Labute approximate surface area is 129 Å². The summed E-state index contributed by atoms with van der Waals surface area (Å²) in [7, 11) is 0. The van der Waals surface area contributed by atoms with Crippen LogP contribution in [0.25, 0.3) is 0 Å². The lowest BCUT2D eigenvalue weighted by Gasteiger charge is -2.20. The maximum Gasteiger partial charge on any atom is 0.251 e. The highest BCUT2D eigenvalue weighted by molar-refractivity contribution is 7.14. The van der Waals surface area contributed by atoms with Crippen LogP contribution in [0.4, 0.5) is 5.00 Å². The SMILES string of the molecule is NC(=O)c1ccsc1NC(=O)CNC1CCCCCCC1. The van der Waals surface area contributed by atoms with Crippen molar-refractivity contribution in [3.8, 4) is 0 Å². The van der Waals surface area contributed by atoms with E-state index in [0.717, 1.165) is 12.8 Å². The van der Waals surface area contributed by atoms with Gasteiger partial charge in [0.2, 0.25) is 5.91 Å². The third-order valence-corrected chi connectivity index (χ3v) is 4.67. The molecule has 2 rings (SSSR count). The zero-order chi connectivity index (χ0) is 15.1. The topological polar surface area (TPSA) is 84.2 Å². The van der Waals surface area contributed by atoms with Crippen molar-refractivity contribution in [2.45, 2.75) is 51.0 Å². The minimum absolute atomic E-state index is 0.123. The Morgan fingerprint density at radius 3 is 2.52 bits per heavy atom. The van der Waals surface area contributed by atoms with Gasteiger partial charge in [0.15, 0.2) is 0 Å². The number of nitrogens with two attached hydrogens (primary N) is 1. The molecule has 6 heteroatoms. The third kappa shape index (κ3) is 5.13. The smallest absolute Gasteiger partial charge is 0.251 e. The molecule has 0 unspecified atom stereocenters. The molecule has 1 saturated carbocycles. The van der Waals surface area contributed by atoms with Crippen molar-refractivity contribution in [1.29, 1.82) is 0 Å². The number of hydrogen-bond acceptors (Lipinski definition) is 4. The van der Waals surface area contributed by atoms with Gasteiger partial charge in [-0.3, -0.25) is 9.59 Å². The standard InChI is InChI=1S/C15H23N3O2S/c16-14(20)12-8-9-21-15(12)18-13(19)10-17-11-6-4-2-1-3-5-7-11/h8-9,11,17H,1-7,10H2,(H2,16,20)(H,18,19). The molecule has 4 N–H and O–H groups in total. The van der Waals surface area contributed by atoms with Crippen molar-refractivity contribution in [1.82, 2.24) is 5.32 Å². The van der Waals surface area contributed by atoms with Crippen LogP contribution in [0.1, 0.15) is 55.3 Å². The normalized spacial score (nSPS) is 17.0. The summed E-state index contributed by atoms with van der Waals surface area (Å²) >= 11 is 1.31. The highest BCUT2D eigenvalue weighted by Crippen LogP contribution is 2.22. The quantitative estimate of drug-likeness (QED) is 0.781.